The average Bonchev–Trinajstić information content (AvgIpc) is 2.70. The number of nitrogens with zero attached hydrogens (tertiary/aromatic N) is 3. The van der Waals surface area contributed by atoms with Crippen LogP contribution in [-0.4, -0.2) is 22.7 Å². The molecule has 5 nitrogen and oxygen atoms in total. The van der Waals surface area contributed by atoms with Gasteiger partial charge in [0.05, 0.1) is 5.69 Å². The number of amides is 1. The first kappa shape index (κ1) is 18.6. The fourth-order valence-corrected chi connectivity index (χ4v) is 2.83. The third-order valence-electron chi connectivity index (χ3n) is 4.49. The molecule has 3 aromatic rings. The van der Waals surface area contributed by atoms with Gasteiger partial charge in [0, 0.05) is 37.3 Å². The van der Waals surface area contributed by atoms with E-state index in [1.54, 1.807) is 18.0 Å². The zero-order chi connectivity index (χ0) is 19.2. The molecule has 0 fully saturated rings. The van der Waals surface area contributed by atoms with Crippen LogP contribution in [0.25, 0.3) is 11.3 Å². The molecule has 3 rings (SSSR count). The van der Waals surface area contributed by atoms with Crippen LogP contribution in [0.5, 0.6) is 0 Å². The maximum atomic E-state index is 12.4. The number of hydrogen-bond acceptors (Lipinski definition) is 3. The summed E-state index contributed by atoms with van der Waals surface area (Å²) in [7, 11) is 1.76. The van der Waals surface area contributed by atoms with Crippen molar-refractivity contribution in [2.45, 2.75) is 26.3 Å². The second-order valence-electron chi connectivity index (χ2n) is 6.54. The Balaban J connectivity index is 1.64. The summed E-state index contributed by atoms with van der Waals surface area (Å²) in [5, 5.41) is 4.45. The van der Waals surface area contributed by atoms with E-state index in [4.69, 9.17) is 0 Å². The SMILES string of the molecule is Cc1ccc(-c2ccc(=O)n(CCCC(=O)N(C)c3ccccc3)n2)cc1. The van der Waals surface area contributed by atoms with E-state index in [2.05, 4.69) is 5.10 Å². The summed E-state index contributed by atoms with van der Waals surface area (Å²) in [6.45, 7) is 2.44. The third kappa shape index (κ3) is 4.70. The first-order valence-corrected chi connectivity index (χ1v) is 9.01. The predicted molar refractivity (Wildman–Crippen MR) is 108 cm³/mol. The molecule has 0 aliphatic heterocycles. The van der Waals surface area contributed by atoms with Crippen molar-refractivity contribution < 1.29 is 4.79 Å². The number of carbonyl (C=O) groups excluding carboxylic acids is 1. The molecule has 27 heavy (non-hydrogen) atoms. The average molecular weight is 361 g/mol. The van der Waals surface area contributed by atoms with Gasteiger partial charge in [0.15, 0.2) is 0 Å². The Morgan fingerprint density at radius 1 is 1.00 bits per heavy atom. The highest BCUT2D eigenvalue weighted by Gasteiger charge is 2.11. The van der Waals surface area contributed by atoms with E-state index >= 15 is 0 Å². The van der Waals surface area contributed by atoms with Crippen LogP contribution in [0.15, 0.2) is 71.5 Å². The molecule has 0 saturated heterocycles. The fourth-order valence-electron chi connectivity index (χ4n) is 2.83. The predicted octanol–water partition coefficient (Wildman–Crippen LogP) is 3.66. The van der Waals surface area contributed by atoms with Gasteiger partial charge in [-0.15, -0.1) is 0 Å². The van der Waals surface area contributed by atoms with E-state index in [0.717, 1.165) is 16.9 Å². The van der Waals surface area contributed by atoms with Crippen molar-refractivity contribution in [3.63, 3.8) is 0 Å². The topological polar surface area (TPSA) is 55.2 Å². The summed E-state index contributed by atoms with van der Waals surface area (Å²) in [5.74, 6) is 0.0175. The molecule has 0 spiro atoms. The van der Waals surface area contributed by atoms with E-state index in [0.29, 0.717) is 19.4 Å². The van der Waals surface area contributed by atoms with Crippen LogP contribution in [0.3, 0.4) is 0 Å². The lowest BCUT2D eigenvalue weighted by Gasteiger charge is -2.17. The van der Waals surface area contributed by atoms with Gasteiger partial charge in [0.2, 0.25) is 5.91 Å². The van der Waals surface area contributed by atoms with E-state index in [1.165, 1.54) is 16.3 Å². The van der Waals surface area contributed by atoms with Crippen LogP contribution in [0.1, 0.15) is 18.4 Å². The number of rotatable bonds is 6. The van der Waals surface area contributed by atoms with E-state index in [1.807, 2.05) is 61.5 Å². The van der Waals surface area contributed by atoms with Gasteiger partial charge in [-0.05, 0) is 31.5 Å². The number of aromatic nitrogens is 2. The molecule has 0 N–H and O–H groups in total. The number of carbonyl (C=O) groups is 1. The van der Waals surface area contributed by atoms with Gasteiger partial charge in [-0.1, -0.05) is 48.0 Å². The summed E-state index contributed by atoms with van der Waals surface area (Å²) < 4.78 is 1.44. The number of anilines is 1. The van der Waals surface area contributed by atoms with Crippen LogP contribution in [-0.2, 0) is 11.3 Å². The lowest BCUT2D eigenvalue weighted by Crippen LogP contribution is -2.27. The van der Waals surface area contributed by atoms with Gasteiger partial charge in [-0.2, -0.15) is 5.10 Å². The van der Waals surface area contributed by atoms with E-state index in [-0.39, 0.29) is 11.5 Å². The summed E-state index contributed by atoms with van der Waals surface area (Å²) in [4.78, 5) is 26.1. The first-order valence-electron chi connectivity index (χ1n) is 9.01. The van der Waals surface area contributed by atoms with Gasteiger partial charge in [0.25, 0.3) is 5.56 Å². The normalized spacial score (nSPS) is 10.6. The van der Waals surface area contributed by atoms with Crippen molar-refractivity contribution in [3.8, 4) is 11.3 Å². The second kappa shape index (κ2) is 8.45. The highest BCUT2D eigenvalue weighted by Crippen LogP contribution is 2.16. The molecule has 0 radical (unpaired) electrons. The molecule has 0 saturated carbocycles. The van der Waals surface area contributed by atoms with Crippen LogP contribution in [0, 0.1) is 6.92 Å². The van der Waals surface area contributed by atoms with Crippen molar-refractivity contribution in [1.82, 2.24) is 9.78 Å². The zero-order valence-electron chi connectivity index (χ0n) is 15.6. The van der Waals surface area contributed by atoms with Crippen LogP contribution in [0.2, 0.25) is 0 Å². The van der Waals surface area contributed by atoms with Gasteiger partial charge < -0.3 is 4.90 Å². The molecule has 0 bridgehead atoms. The third-order valence-corrected chi connectivity index (χ3v) is 4.49. The van der Waals surface area contributed by atoms with Gasteiger partial charge in [-0.25, -0.2) is 4.68 Å². The lowest BCUT2D eigenvalue weighted by atomic mass is 10.1. The fraction of sp³-hybridized carbons (Fsp3) is 0.227. The Labute approximate surface area is 158 Å². The summed E-state index contributed by atoms with van der Waals surface area (Å²) >= 11 is 0. The molecule has 2 aromatic carbocycles. The number of para-hydroxylation sites is 1. The molecule has 0 aliphatic carbocycles. The van der Waals surface area contributed by atoms with E-state index < -0.39 is 0 Å². The molecule has 5 heteroatoms. The smallest absolute Gasteiger partial charge is 0.266 e. The van der Waals surface area contributed by atoms with Gasteiger partial charge in [0.1, 0.15) is 0 Å². The van der Waals surface area contributed by atoms with Crippen molar-refractivity contribution in [1.29, 1.82) is 0 Å². The number of aryl methyl sites for hydroxylation is 2. The van der Waals surface area contributed by atoms with Gasteiger partial charge >= 0.3 is 0 Å². The first-order chi connectivity index (χ1) is 13.0. The highest BCUT2D eigenvalue weighted by molar-refractivity contribution is 5.92. The van der Waals surface area contributed by atoms with Crippen molar-refractivity contribution in [2.75, 3.05) is 11.9 Å². The zero-order valence-corrected chi connectivity index (χ0v) is 15.6. The largest absolute Gasteiger partial charge is 0.316 e. The maximum Gasteiger partial charge on any atom is 0.266 e. The number of hydrogen-bond donors (Lipinski definition) is 0. The standard InChI is InChI=1S/C22H23N3O2/c1-17-10-12-18(13-11-17)20-14-15-22(27)25(23-20)16-6-9-21(26)24(2)19-7-4-3-5-8-19/h3-5,7-8,10-15H,6,9,16H2,1-2H3. The minimum absolute atomic E-state index is 0.0175. The number of benzene rings is 2. The highest BCUT2D eigenvalue weighted by atomic mass is 16.2. The Bertz CT molecular complexity index is 963. The van der Waals surface area contributed by atoms with Gasteiger partial charge in [-0.3, -0.25) is 9.59 Å². The molecule has 0 aliphatic rings. The quantitative estimate of drug-likeness (QED) is 0.673. The molecule has 0 atom stereocenters. The molecule has 1 aromatic heterocycles. The molecule has 1 amide bonds. The monoisotopic (exact) mass is 361 g/mol. The molecular weight excluding hydrogens is 338 g/mol. The molecule has 1 heterocycles. The lowest BCUT2D eigenvalue weighted by molar-refractivity contribution is -0.118. The van der Waals surface area contributed by atoms with Crippen molar-refractivity contribution in [2.24, 2.45) is 0 Å². The van der Waals surface area contributed by atoms with Crippen molar-refractivity contribution in [3.05, 3.63) is 82.6 Å². The van der Waals surface area contributed by atoms with Crippen molar-refractivity contribution >= 4 is 11.6 Å². The van der Waals surface area contributed by atoms with E-state index in [9.17, 15) is 9.59 Å². The van der Waals surface area contributed by atoms with Crippen LogP contribution in [0.4, 0.5) is 5.69 Å². The Morgan fingerprint density at radius 2 is 1.70 bits per heavy atom. The minimum Gasteiger partial charge on any atom is -0.316 e. The summed E-state index contributed by atoms with van der Waals surface area (Å²) in [5.41, 5.74) is 3.60. The minimum atomic E-state index is -0.158. The van der Waals surface area contributed by atoms with Crippen LogP contribution >= 0.6 is 0 Å². The summed E-state index contributed by atoms with van der Waals surface area (Å²) in [6, 6.07) is 20.8. The Morgan fingerprint density at radius 3 is 2.41 bits per heavy atom. The molecule has 138 valence electrons. The maximum absolute atomic E-state index is 12.4. The summed E-state index contributed by atoms with van der Waals surface area (Å²) in [6.07, 6.45) is 0.911. The Hall–Kier alpha value is -3.21. The van der Waals surface area contributed by atoms with Crippen LogP contribution < -0.4 is 10.5 Å². The Kier molecular flexibility index (Phi) is 5.81. The second-order valence-corrected chi connectivity index (χ2v) is 6.54. The molecule has 0 unspecified atom stereocenters. The molecular formula is C22H23N3O2.